The van der Waals surface area contributed by atoms with Gasteiger partial charge in [-0.15, -0.1) is 0 Å². The molecule has 2 rings (SSSR count). The number of aliphatic carboxylic acids is 1. The fourth-order valence-corrected chi connectivity index (χ4v) is 3.61. The summed E-state index contributed by atoms with van der Waals surface area (Å²) in [5.41, 5.74) is 0. The van der Waals surface area contributed by atoms with Crippen LogP contribution in [0.3, 0.4) is 0 Å². The summed E-state index contributed by atoms with van der Waals surface area (Å²) in [6, 6.07) is 0.0352. The van der Waals surface area contributed by atoms with Gasteiger partial charge in [0.05, 0.1) is 0 Å². The number of urea groups is 1. The summed E-state index contributed by atoms with van der Waals surface area (Å²) in [5.74, 6) is 0.401. The van der Waals surface area contributed by atoms with Crippen LogP contribution in [0.25, 0.3) is 0 Å². The topological polar surface area (TPSA) is 69.6 Å². The van der Waals surface area contributed by atoms with E-state index in [0.29, 0.717) is 18.9 Å². The second-order valence-corrected chi connectivity index (χ2v) is 6.56. The molecule has 5 nitrogen and oxygen atoms in total. The van der Waals surface area contributed by atoms with Gasteiger partial charge in [-0.05, 0) is 37.5 Å². The Labute approximate surface area is 127 Å². The highest BCUT2D eigenvalue weighted by molar-refractivity contribution is 5.74. The first-order chi connectivity index (χ1) is 10.1. The van der Waals surface area contributed by atoms with Crippen molar-refractivity contribution in [2.24, 2.45) is 11.8 Å². The maximum absolute atomic E-state index is 12.2. The quantitative estimate of drug-likeness (QED) is 0.792. The smallest absolute Gasteiger partial charge is 0.317 e. The van der Waals surface area contributed by atoms with Crippen molar-refractivity contribution >= 4 is 12.0 Å². The Balaban J connectivity index is 1.64. The standard InChI is InChI=1S/C16H28N2O3/c19-15(20)8-7-14-6-3-11-18(12-14)16(21)17-10-9-13-4-1-2-5-13/h13-14H,1-12H2,(H,17,21)(H,19,20). The van der Waals surface area contributed by atoms with Gasteiger partial charge in [0.15, 0.2) is 0 Å². The van der Waals surface area contributed by atoms with Crippen LogP contribution in [0.4, 0.5) is 4.79 Å². The summed E-state index contributed by atoms with van der Waals surface area (Å²) in [4.78, 5) is 24.7. The summed E-state index contributed by atoms with van der Waals surface area (Å²) in [5, 5.41) is 11.8. The third-order valence-corrected chi connectivity index (χ3v) is 4.88. The SMILES string of the molecule is O=C(O)CCC1CCCN(C(=O)NCCC2CCCC2)C1. The zero-order chi connectivity index (χ0) is 15.1. The third kappa shape index (κ3) is 5.56. The van der Waals surface area contributed by atoms with Gasteiger partial charge in [-0.1, -0.05) is 25.7 Å². The first-order valence-corrected chi connectivity index (χ1v) is 8.39. The Morgan fingerprint density at radius 1 is 1.05 bits per heavy atom. The lowest BCUT2D eigenvalue weighted by atomic mass is 9.93. The fourth-order valence-electron chi connectivity index (χ4n) is 3.61. The lowest BCUT2D eigenvalue weighted by Gasteiger charge is -2.32. The number of carbonyl (C=O) groups is 2. The van der Waals surface area contributed by atoms with E-state index in [-0.39, 0.29) is 12.5 Å². The van der Waals surface area contributed by atoms with Gasteiger partial charge in [0.25, 0.3) is 0 Å². The summed E-state index contributed by atoms with van der Waals surface area (Å²) in [6.07, 6.45) is 9.34. The molecule has 120 valence electrons. The summed E-state index contributed by atoms with van der Waals surface area (Å²) >= 11 is 0. The minimum Gasteiger partial charge on any atom is -0.481 e. The van der Waals surface area contributed by atoms with Crippen molar-refractivity contribution in [1.82, 2.24) is 10.2 Å². The fraction of sp³-hybridized carbons (Fsp3) is 0.875. The molecular formula is C16H28N2O3. The maximum Gasteiger partial charge on any atom is 0.317 e. The van der Waals surface area contributed by atoms with Crippen molar-refractivity contribution < 1.29 is 14.7 Å². The number of nitrogens with zero attached hydrogens (tertiary/aromatic N) is 1. The van der Waals surface area contributed by atoms with E-state index in [1.165, 1.54) is 25.7 Å². The number of hydrogen-bond acceptors (Lipinski definition) is 2. The monoisotopic (exact) mass is 296 g/mol. The summed E-state index contributed by atoms with van der Waals surface area (Å²) in [7, 11) is 0. The van der Waals surface area contributed by atoms with Gasteiger partial charge in [-0.2, -0.15) is 0 Å². The number of carboxylic acid groups (broad SMARTS) is 1. The molecule has 1 aliphatic carbocycles. The first-order valence-electron chi connectivity index (χ1n) is 8.39. The second-order valence-electron chi connectivity index (χ2n) is 6.56. The normalized spacial score (nSPS) is 23.2. The number of hydrogen-bond donors (Lipinski definition) is 2. The minimum absolute atomic E-state index is 0.0352. The number of rotatable bonds is 6. The molecule has 0 aromatic carbocycles. The van der Waals surface area contributed by atoms with Gasteiger partial charge < -0.3 is 15.3 Å². The Morgan fingerprint density at radius 3 is 2.48 bits per heavy atom. The van der Waals surface area contributed by atoms with Crippen LogP contribution in [0.1, 0.15) is 57.8 Å². The third-order valence-electron chi connectivity index (χ3n) is 4.88. The molecule has 21 heavy (non-hydrogen) atoms. The number of piperidine rings is 1. The van der Waals surface area contributed by atoms with E-state index in [1.54, 1.807) is 0 Å². The predicted octanol–water partition coefficient (Wildman–Crippen LogP) is 2.85. The summed E-state index contributed by atoms with van der Waals surface area (Å²) in [6.45, 7) is 2.29. The van der Waals surface area contributed by atoms with Crippen molar-refractivity contribution in [2.45, 2.75) is 57.8 Å². The second kappa shape index (κ2) is 8.25. The van der Waals surface area contributed by atoms with Gasteiger partial charge >= 0.3 is 12.0 Å². The Morgan fingerprint density at radius 2 is 1.76 bits per heavy atom. The number of amides is 2. The molecule has 0 aromatic rings. The zero-order valence-electron chi connectivity index (χ0n) is 12.9. The molecule has 0 bridgehead atoms. The van der Waals surface area contributed by atoms with Crippen molar-refractivity contribution in [3.05, 3.63) is 0 Å². The highest BCUT2D eigenvalue weighted by atomic mass is 16.4. The Kier molecular flexibility index (Phi) is 6.33. The molecule has 2 amide bonds. The van der Waals surface area contributed by atoms with Crippen LogP contribution in [0.2, 0.25) is 0 Å². The van der Waals surface area contributed by atoms with Crippen LogP contribution in [0.15, 0.2) is 0 Å². The molecule has 1 saturated carbocycles. The zero-order valence-corrected chi connectivity index (χ0v) is 12.9. The molecule has 2 aliphatic rings. The van der Waals surface area contributed by atoms with Gasteiger partial charge in [0.1, 0.15) is 0 Å². The van der Waals surface area contributed by atoms with Crippen LogP contribution in [0.5, 0.6) is 0 Å². The minimum atomic E-state index is -0.742. The number of nitrogens with one attached hydrogen (secondary N) is 1. The highest BCUT2D eigenvalue weighted by Crippen LogP contribution is 2.27. The van der Waals surface area contributed by atoms with E-state index in [1.807, 2.05) is 4.90 Å². The molecule has 2 fully saturated rings. The van der Waals surface area contributed by atoms with Crippen molar-refractivity contribution in [2.75, 3.05) is 19.6 Å². The van der Waals surface area contributed by atoms with Crippen molar-refractivity contribution in [1.29, 1.82) is 0 Å². The lowest BCUT2D eigenvalue weighted by Crippen LogP contribution is -2.46. The van der Waals surface area contributed by atoms with E-state index < -0.39 is 5.97 Å². The number of likely N-dealkylation sites (tertiary alicyclic amines) is 1. The van der Waals surface area contributed by atoms with Crippen molar-refractivity contribution in [3.63, 3.8) is 0 Å². The van der Waals surface area contributed by atoms with Crippen LogP contribution in [0, 0.1) is 11.8 Å². The lowest BCUT2D eigenvalue weighted by molar-refractivity contribution is -0.137. The molecule has 1 saturated heterocycles. The van der Waals surface area contributed by atoms with Crippen LogP contribution >= 0.6 is 0 Å². The maximum atomic E-state index is 12.2. The van der Waals surface area contributed by atoms with E-state index >= 15 is 0 Å². The average Bonchev–Trinajstić information content (AvgIpc) is 2.98. The molecular weight excluding hydrogens is 268 g/mol. The molecule has 5 heteroatoms. The van der Waals surface area contributed by atoms with E-state index in [0.717, 1.165) is 38.3 Å². The molecule has 2 N–H and O–H groups in total. The van der Waals surface area contributed by atoms with Crippen molar-refractivity contribution in [3.8, 4) is 0 Å². The molecule has 1 heterocycles. The molecule has 0 aromatic heterocycles. The van der Waals surface area contributed by atoms with E-state index in [2.05, 4.69) is 5.32 Å². The molecule has 0 radical (unpaired) electrons. The van der Waals surface area contributed by atoms with E-state index in [9.17, 15) is 9.59 Å². The predicted molar refractivity (Wildman–Crippen MR) is 81.1 cm³/mol. The largest absolute Gasteiger partial charge is 0.481 e. The number of carboxylic acids is 1. The van der Waals surface area contributed by atoms with Gasteiger partial charge in [0.2, 0.25) is 0 Å². The molecule has 0 spiro atoms. The van der Waals surface area contributed by atoms with Gasteiger partial charge in [-0.25, -0.2) is 4.79 Å². The van der Waals surface area contributed by atoms with Gasteiger partial charge in [-0.3, -0.25) is 4.79 Å². The van der Waals surface area contributed by atoms with Crippen LogP contribution in [-0.2, 0) is 4.79 Å². The van der Waals surface area contributed by atoms with E-state index in [4.69, 9.17) is 5.11 Å². The molecule has 1 unspecified atom stereocenters. The number of carbonyl (C=O) groups excluding carboxylic acids is 1. The van der Waals surface area contributed by atoms with Crippen LogP contribution < -0.4 is 5.32 Å². The summed E-state index contributed by atoms with van der Waals surface area (Å²) < 4.78 is 0. The Bertz CT molecular complexity index is 353. The highest BCUT2D eigenvalue weighted by Gasteiger charge is 2.24. The first kappa shape index (κ1) is 16.1. The Hall–Kier alpha value is -1.26. The molecule has 1 aliphatic heterocycles. The average molecular weight is 296 g/mol. The van der Waals surface area contributed by atoms with Gasteiger partial charge in [0, 0.05) is 26.1 Å². The van der Waals surface area contributed by atoms with Crippen LogP contribution in [-0.4, -0.2) is 41.6 Å². The molecule has 1 atom stereocenters.